The number of hydrogen-bond acceptors (Lipinski definition) is 5. The van der Waals surface area contributed by atoms with Gasteiger partial charge in [0.05, 0.1) is 19.1 Å². The van der Waals surface area contributed by atoms with Gasteiger partial charge < -0.3 is 10.1 Å². The molecule has 1 amide bonds. The quantitative estimate of drug-likeness (QED) is 0.629. The highest BCUT2D eigenvalue weighted by Gasteiger charge is 2.31. The van der Waals surface area contributed by atoms with Crippen LogP contribution in [0.3, 0.4) is 0 Å². The number of sulfonamides is 1. The number of amides is 1. The highest BCUT2D eigenvalue weighted by molar-refractivity contribution is 7.99. The van der Waals surface area contributed by atoms with Crippen LogP contribution in [0, 0.1) is 6.92 Å². The van der Waals surface area contributed by atoms with Crippen molar-refractivity contribution in [3.05, 3.63) is 23.8 Å². The van der Waals surface area contributed by atoms with Crippen LogP contribution in [0.2, 0.25) is 0 Å². The van der Waals surface area contributed by atoms with Gasteiger partial charge in [0.25, 0.3) is 0 Å². The van der Waals surface area contributed by atoms with Crippen molar-refractivity contribution < 1.29 is 17.9 Å². The maximum absolute atomic E-state index is 12.6. The first-order chi connectivity index (χ1) is 12.7. The Kier molecular flexibility index (Phi) is 7.85. The van der Waals surface area contributed by atoms with Crippen LogP contribution < -0.4 is 14.4 Å². The predicted octanol–water partition coefficient (Wildman–Crippen LogP) is 2.95. The highest BCUT2D eigenvalue weighted by atomic mass is 32.2. The molecule has 0 radical (unpaired) electrons. The average Bonchev–Trinajstić information content (AvgIpc) is 3.11. The normalized spacial score (nSPS) is 16.1. The van der Waals surface area contributed by atoms with Gasteiger partial charge in [-0.25, -0.2) is 8.42 Å². The second-order valence-electron chi connectivity index (χ2n) is 6.98. The number of ether oxygens (including phenoxy) is 1. The lowest BCUT2D eigenvalue weighted by molar-refractivity contribution is -0.121. The third-order valence-corrected chi connectivity index (χ3v) is 7.33. The van der Waals surface area contributed by atoms with E-state index >= 15 is 0 Å². The van der Waals surface area contributed by atoms with Gasteiger partial charge in [-0.2, -0.15) is 11.8 Å². The molecular formula is C19H30N2O4S2. The number of nitrogens with zero attached hydrogens (tertiary/aromatic N) is 1. The molecule has 1 aliphatic rings. The first-order valence-electron chi connectivity index (χ1n) is 9.27. The van der Waals surface area contributed by atoms with E-state index in [0.29, 0.717) is 23.2 Å². The topological polar surface area (TPSA) is 75.7 Å². The molecule has 0 aromatic heterocycles. The van der Waals surface area contributed by atoms with Gasteiger partial charge >= 0.3 is 0 Å². The fraction of sp³-hybridized carbons (Fsp3) is 0.632. The molecule has 1 fully saturated rings. The van der Waals surface area contributed by atoms with E-state index in [0.717, 1.165) is 21.9 Å². The van der Waals surface area contributed by atoms with Crippen molar-refractivity contribution in [3.63, 3.8) is 0 Å². The number of anilines is 1. The molecule has 0 saturated heterocycles. The predicted molar refractivity (Wildman–Crippen MR) is 112 cm³/mol. The molecule has 1 aromatic carbocycles. The minimum atomic E-state index is -3.67. The monoisotopic (exact) mass is 414 g/mol. The fourth-order valence-electron chi connectivity index (χ4n) is 3.36. The Balaban J connectivity index is 2.07. The summed E-state index contributed by atoms with van der Waals surface area (Å²) in [5.41, 5.74) is 1.27. The average molecular weight is 415 g/mol. The van der Waals surface area contributed by atoms with Crippen LogP contribution in [0.5, 0.6) is 5.75 Å². The molecule has 0 spiro atoms. The maximum atomic E-state index is 12.6. The Morgan fingerprint density at radius 3 is 2.63 bits per heavy atom. The van der Waals surface area contributed by atoms with E-state index in [1.165, 1.54) is 32.8 Å². The summed E-state index contributed by atoms with van der Waals surface area (Å²) in [5.74, 6) is 0.953. The molecule has 0 bridgehead atoms. The van der Waals surface area contributed by atoms with Gasteiger partial charge in [0, 0.05) is 17.5 Å². The van der Waals surface area contributed by atoms with Crippen LogP contribution in [0.25, 0.3) is 0 Å². The van der Waals surface area contributed by atoms with E-state index in [-0.39, 0.29) is 5.91 Å². The van der Waals surface area contributed by atoms with E-state index in [2.05, 4.69) is 5.32 Å². The number of thioether (sulfide) groups is 1. The second kappa shape index (κ2) is 9.68. The maximum Gasteiger partial charge on any atom is 0.243 e. The molecule has 152 valence electrons. The van der Waals surface area contributed by atoms with Crippen molar-refractivity contribution in [2.45, 2.75) is 50.8 Å². The lowest BCUT2D eigenvalue weighted by Gasteiger charge is -2.29. The number of nitrogens with one attached hydrogen (secondary N) is 1. The van der Waals surface area contributed by atoms with Crippen LogP contribution in [0.1, 0.15) is 38.2 Å². The lowest BCUT2D eigenvalue weighted by Crippen LogP contribution is -2.48. The number of rotatable bonds is 9. The summed E-state index contributed by atoms with van der Waals surface area (Å²) >= 11 is 1.89. The van der Waals surface area contributed by atoms with E-state index < -0.39 is 16.1 Å². The van der Waals surface area contributed by atoms with Crippen LogP contribution in [0.4, 0.5) is 5.69 Å². The molecule has 1 atom stereocenters. The lowest BCUT2D eigenvalue weighted by atomic mass is 10.2. The molecule has 8 heteroatoms. The van der Waals surface area contributed by atoms with Gasteiger partial charge in [0.15, 0.2) is 0 Å². The molecule has 2 rings (SSSR count). The minimum absolute atomic E-state index is 0.309. The minimum Gasteiger partial charge on any atom is -0.495 e. The summed E-state index contributed by atoms with van der Waals surface area (Å²) < 4.78 is 31.4. The van der Waals surface area contributed by atoms with Crippen molar-refractivity contribution in [2.24, 2.45) is 0 Å². The molecule has 27 heavy (non-hydrogen) atoms. The number of carbonyl (C=O) groups excluding carboxylic acids is 1. The fourth-order valence-corrected chi connectivity index (χ4v) is 5.75. The van der Waals surface area contributed by atoms with E-state index in [4.69, 9.17) is 4.74 Å². The number of carbonyl (C=O) groups is 1. The van der Waals surface area contributed by atoms with Crippen molar-refractivity contribution >= 4 is 33.4 Å². The summed E-state index contributed by atoms with van der Waals surface area (Å²) in [5, 5.41) is 3.57. The van der Waals surface area contributed by atoms with Gasteiger partial charge in [-0.05, 0) is 44.4 Å². The van der Waals surface area contributed by atoms with Crippen molar-refractivity contribution in [3.8, 4) is 5.75 Å². The largest absolute Gasteiger partial charge is 0.495 e. The van der Waals surface area contributed by atoms with Crippen LogP contribution in [-0.2, 0) is 14.8 Å². The summed E-state index contributed by atoms with van der Waals surface area (Å²) in [6.07, 6.45) is 6.20. The zero-order valence-corrected chi connectivity index (χ0v) is 18.2. The van der Waals surface area contributed by atoms with Gasteiger partial charge in [-0.15, -0.1) is 0 Å². The number of benzene rings is 1. The molecule has 1 aromatic rings. The van der Waals surface area contributed by atoms with Crippen molar-refractivity contribution in [2.75, 3.05) is 30.0 Å². The molecule has 6 nitrogen and oxygen atoms in total. The Labute approximate surface area is 167 Å². The zero-order valence-electron chi connectivity index (χ0n) is 16.5. The third-order valence-electron chi connectivity index (χ3n) is 4.72. The highest BCUT2D eigenvalue weighted by Crippen LogP contribution is 2.32. The van der Waals surface area contributed by atoms with Gasteiger partial charge in [-0.1, -0.05) is 18.9 Å². The second-order valence-corrected chi connectivity index (χ2v) is 10.2. The van der Waals surface area contributed by atoms with E-state index in [1.807, 2.05) is 24.8 Å². The molecule has 1 aliphatic carbocycles. The van der Waals surface area contributed by atoms with Crippen molar-refractivity contribution in [1.82, 2.24) is 5.32 Å². The Hall–Kier alpha value is -1.41. The smallest absolute Gasteiger partial charge is 0.243 e. The van der Waals surface area contributed by atoms with Gasteiger partial charge in [0.1, 0.15) is 11.8 Å². The Bertz CT molecular complexity index is 746. The summed E-state index contributed by atoms with van der Waals surface area (Å²) in [6, 6.07) is 4.41. The molecule has 0 aliphatic heterocycles. The molecule has 1 unspecified atom stereocenters. The van der Waals surface area contributed by atoms with Gasteiger partial charge in [0.2, 0.25) is 15.9 Å². The van der Waals surface area contributed by atoms with Gasteiger partial charge in [-0.3, -0.25) is 9.10 Å². The van der Waals surface area contributed by atoms with E-state index in [9.17, 15) is 13.2 Å². The number of hydrogen-bond donors (Lipinski definition) is 1. The standard InChI is InChI=1S/C19H30N2O4S2/c1-14-9-10-18(25-3)17(13-14)21(27(4,23)24)15(2)19(22)20-11-12-26-16-7-5-6-8-16/h9-10,13,15-16H,5-8,11-12H2,1-4H3,(H,20,22). The SMILES string of the molecule is COc1ccc(C)cc1N(C(C)C(=O)NCCSC1CCCC1)S(C)(=O)=O. The van der Waals surface area contributed by atoms with Crippen LogP contribution in [-0.4, -0.2) is 51.3 Å². The van der Waals surface area contributed by atoms with Crippen molar-refractivity contribution in [1.29, 1.82) is 0 Å². The summed E-state index contributed by atoms with van der Waals surface area (Å²) in [6.45, 7) is 4.00. The van der Waals surface area contributed by atoms with E-state index in [1.54, 1.807) is 19.1 Å². The molecule has 1 N–H and O–H groups in total. The number of methoxy groups -OCH3 is 1. The van der Waals surface area contributed by atoms with Crippen LogP contribution >= 0.6 is 11.8 Å². The first-order valence-corrected chi connectivity index (χ1v) is 12.2. The molecule has 0 heterocycles. The third kappa shape index (κ3) is 6.04. The first kappa shape index (κ1) is 21.9. The van der Waals surface area contributed by atoms with Crippen LogP contribution in [0.15, 0.2) is 18.2 Å². The summed E-state index contributed by atoms with van der Waals surface area (Å²) in [4.78, 5) is 12.6. The molecule has 1 saturated carbocycles. The number of aryl methyl sites for hydroxylation is 1. The summed E-state index contributed by atoms with van der Waals surface area (Å²) in [7, 11) is -2.18. The Morgan fingerprint density at radius 1 is 1.37 bits per heavy atom. The Morgan fingerprint density at radius 2 is 2.04 bits per heavy atom. The molecular weight excluding hydrogens is 384 g/mol. The zero-order chi connectivity index (χ0) is 20.0.